The Hall–Kier alpha value is -0.490. The fourth-order valence-corrected chi connectivity index (χ4v) is 4.80. The lowest BCUT2D eigenvalue weighted by Gasteiger charge is -2.26. The molecular formula is C12H19N3OS2. The molecule has 0 radical (unpaired) electrons. The van der Waals surface area contributed by atoms with Crippen molar-refractivity contribution in [2.45, 2.75) is 43.7 Å². The van der Waals surface area contributed by atoms with Crippen LogP contribution < -0.4 is 0 Å². The molecule has 1 fully saturated rings. The van der Waals surface area contributed by atoms with E-state index in [4.69, 9.17) is 0 Å². The quantitative estimate of drug-likeness (QED) is 0.828. The maximum Gasteiger partial charge on any atom is 0.154 e. The average Bonchev–Trinajstić information content (AvgIpc) is 2.78. The van der Waals surface area contributed by atoms with Gasteiger partial charge in [-0.05, 0) is 6.42 Å². The summed E-state index contributed by atoms with van der Waals surface area (Å²) in [6.45, 7) is 5.09. The summed E-state index contributed by atoms with van der Waals surface area (Å²) < 4.78 is 1.85. The van der Waals surface area contributed by atoms with Crippen LogP contribution in [0.1, 0.15) is 26.1 Å². The number of nitrogens with zero attached hydrogens (tertiary/aromatic N) is 3. The number of ketones is 1. The maximum atomic E-state index is 12.3. The second-order valence-corrected chi connectivity index (χ2v) is 7.14. The summed E-state index contributed by atoms with van der Waals surface area (Å²) in [6, 6.07) is 0. The Bertz CT molecular complexity index is 408. The largest absolute Gasteiger partial charge is 0.298 e. The van der Waals surface area contributed by atoms with Crippen molar-refractivity contribution >= 4 is 29.3 Å². The molecule has 0 saturated carbocycles. The van der Waals surface area contributed by atoms with E-state index in [0.29, 0.717) is 17.5 Å². The van der Waals surface area contributed by atoms with E-state index in [2.05, 4.69) is 23.9 Å². The number of carbonyl (C=O) groups excluding carboxylic acids is 1. The lowest BCUT2D eigenvalue weighted by molar-refractivity contribution is -0.118. The molecule has 4 nitrogen and oxygen atoms in total. The van der Waals surface area contributed by atoms with Crippen LogP contribution in [0.25, 0.3) is 0 Å². The first-order chi connectivity index (χ1) is 8.72. The van der Waals surface area contributed by atoms with Gasteiger partial charge >= 0.3 is 0 Å². The van der Waals surface area contributed by atoms with Crippen molar-refractivity contribution in [3.63, 3.8) is 0 Å². The number of hydrogen-bond acceptors (Lipinski definition) is 5. The van der Waals surface area contributed by atoms with E-state index in [0.717, 1.165) is 30.3 Å². The number of rotatable bonds is 5. The van der Waals surface area contributed by atoms with Gasteiger partial charge in [-0.15, -0.1) is 11.8 Å². The molecule has 2 atom stereocenters. The topological polar surface area (TPSA) is 47.8 Å². The van der Waals surface area contributed by atoms with E-state index in [1.54, 1.807) is 18.1 Å². The molecule has 1 aromatic rings. The van der Waals surface area contributed by atoms with Crippen molar-refractivity contribution in [3.05, 3.63) is 12.2 Å². The molecule has 0 aromatic carbocycles. The Morgan fingerprint density at radius 1 is 1.50 bits per heavy atom. The molecule has 2 heterocycles. The van der Waals surface area contributed by atoms with Gasteiger partial charge in [0.1, 0.15) is 12.2 Å². The highest BCUT2D eigenvalue weighted by Gasteiger charge is 2.29. The third-order valence-electron chi connectivity index (χ3n) is 2.97. The highest BCUT2D eigenvalue weighted by Crippen LogP contribution is 2.32. The van der Waals surface area contributed by atoms with Crippen LogP contribution in [-0.2, 0) is 17.8 Å². The highest BCUT2D eigenvalue weighted by molar-refractivity contribution is 8.07. The molecule has 1 aromatic heterocycles. The second-order valence-electron chi connectivity index (χ2n) is 4.41. The average molecular weight is 285 g/mol. The van der Waals surface area contributed by atoms with Gasteiger partial charge in [0.25, 0.3) is 0 Å². The number of thioether (sulfide) groups is 2. The van der Waals surface area contributed by atoms with Gasteiger partial charge < -0.3 is 0 Å². The Balaban J connectivity index is 1.99. The zero-order chi connectivity index (χ0) is 13.0. The van der Waals surface area contributed by atoms with Crippen molar-refractivity contribution in [3.8, 4) is 0 Å². The van der Waals surface area contributed by atoms with Crippen molar-refractivity contribution < 1.29 is 4.79 Å². The van der Waals surface area contributed by atoms with Crippen LogP contribution >= 0.6 is 23.5 Å². The first kappa shape index (κ1) is 13.9. The van der Waals surface area contributed by atoms with Crippen LogP contribution in [0.15, 0.2) is 6.33 Å². The molecule has 0 N–H and O–H groups in total. The van der Waals surface area contributed by atoms with E-state index < -0.39 is 0 Å². The number of hydrogen-bond donors (Lipinski definition) is 0. The molecule has 2 unspecified atom stereocenters. The standard InChI is InChI=1S/C12H19N3OS2/c1-3-4-15-11(13-8-14-15)7-10(16)12-9(2)17-5-6-18-12/h8-9,12H,3-7H2,1-2H3. The maximum absolute atomic E-state index is 12.3. The number of Topliss-reactive ketones (excluding diaryl/α,β-unsaturated/α-hetero) is 1. The molecule has 0 bridgehead atoms. The van der Waals surface area contributed by atoms with Crippen LogP contribution in [0, 0.1) is 0 Å². The van der Waals surface area contributed by atoms with Crippen molar-refractivity contribution in [2.75, 3.05) is 11.5 Å². The molecule has 0 spiro atoms. The summed E-state index contributed by atoms with van der Waals surface area (Å²) in [7, 11) is 0. The lowest BCUT2D eigenvalue weighted by atomic mass is 10.1. The summed E-state index contributed by atoms with van der Waals surface area (Å²) in [4.78, 5) is 16.5. The minimum absolute atomic E-state index is 0.121. The Kier molecular flexibility index (Phi) is 5.12. The molecule has 0 amide bonds. The van der Waals surface area contributed by atoms with E-state index in [1.165, 1.54) is 0 Å². The van der Waals surface area contributed by atoms with E-state index >= 15 is 0 Å². The van der Waals surface area contributed by atoms with Gasteiger partial charge in [-0.2, -0.15) is 16.9 Å². The van der Waals surface area contributed by atoms with Crippen LogP contribution in [0.4, 0.5) is 0 Å². The van der Waals surface area contributed by atoms with E-state index in [1.807, 2.05) is 16.4 Å². The SMILES string of the molecule is CCCn1ncnc1CC(=O)C1SCCSC1C. The predicted molar refractivity (Wildman–Crippen MR) is 77.2 cm³/mol. The first-order valence-electron chi connectivity index (χ1n) is 6.35. The lowest BCUT2D eigenvalue weighted by Crippen LogP contribution is -2.32. The van der Waals surface area contributed by atoms with E-state index in [9.17, 15) is 4.79 Å². The highest BCUT2D eigenvalue weighted by atomic mass is 32.2. The monoisotopic (exact) mass is 285 g/mol. The van der Waals surface area contributed by atoms with Crippen molar-refractivity contribution in [1.29, 1.82) is 0 Å². The number of carbonyl (C=O) groups is 1. The van der Waals surface area contributed by atoms with Gasteiger partial charge in [-0.1, -0.05) is 13.8 Å². The molecule has 1 aliphatic heterocycles. The normalized spacial score (nSPS) is 24.1. The molecular weight excluding hydrogens is 266 g/mol. The summed E-state index contributed by atoms with van der Waals surface area (Å²) in [5, 5.41) is 4.70. The molecule has 1 aliphatic rings. The van der Waals surface area contributed by atoms with Crippen LogP contribution in [0.2, 0.25) is 0 Å². The van der Waals surface area contributed by atoms with Gasteiger partial charge in [0.05, 0.1) is 11.7 Å². The number of aryl methyl sites for hydroxylation is 1. The number of aromatic nitrogens is 3. The van der Waals surface area contributed by atoms with Gasteiger partial charge in [0.2, 0.25) is 0 Å². The van der Waals surface area contributed by atoms with Crippen molar-refractivity contribution in [1.82, 2.24) is 14.8 Å². The van der Waals surface area contributed by atoms with Gasteiger partial charge in [-0.25, -0.2) is 9.67 Å². The summed E-state index contributed by atoms with van der Waals surface area (Å²) >= 11 is 3.69. The zero-order valence-electron chi connectivity index (χ0n) is 10.8. The van der Waals surface area contributed by atoms with E-state index in [-0.39, 0.29) is 5.25 Å². The predicted octanol–water partition coefficient (Wildman–Crippen LogP) is 2.04. The van der Waals surface area contributed by atoms with Crippen LogP contribution in [-0.4, -0.2) is 42.6 Å². The second kappa shape index (κ2) is 6.61. The third kappa shape index (κ3) is 3.29. The van der Waals surface area contributed by atoms with Crippen molar-refractivity contribution in [2.24, 2.45) is 0 Å². The third-order valence-corrected chi connectivity index (χ3v) is 6.11. The van der Waals surface area contributed by atoms with Gasteiger partial charge in [0, 0.05) is 23.3 Å². The molecule has 2 rings (SSSR count). The molecule has 1 saturated heterocycles. The van der Waals surface area contributed by atoms with Gasteiger partial charge in [0.15, 0.2) is 5.78 Å². The molecule has 0 aliphatic carbocycles. The minimum atomic E-state index is 0.121. The summed E-state index contributed by atoms with van der Waals surface area (Å²) in [5.74, 6) is 3.34. The summed E-state index contributed by atoms with van der Waals surface area (Å²) in [6.07, 6.45) is 2.97. The smallest absolute Gasteiger partial charge is 0.154 e. The molecule has 6 heteroatoms. The zero-order valence-corrected chi connectivity index (χ0v) is 12.5. The Labute approximate surface area is 116 Å². The molecule has 18 heavy (non-hydrogen) atoms. The minimum Gasteiger partial charge on any atom is -0.298 e. The van der Waals surface area contributed by atoms with Crippen LogP contribution in [0.3, 0.4) is 0 Å². The van der Waals surface area contributed by atoms with Gasteiger partial charge in [-0.3, -0.25) is 4.79 Å². The Morgan fingerprint density at radius 3 is 3.00 bits per heavy atom. The molecule has 100 valence electrons. The summed E-state index contributed by atoms with van der Waals surface area (Å²) in [5.41, 5.74) is 0. The first-order valence-corrected chi connectivity index (χ1v) is 8.44. The fourth-order valence-electron chi connectivity index (χ4n) is 2.07. The Morgan fingerprint density at radius 2 is 2.28 bits per heavy atom. The fraction of sp³-hybridized carbons (Fsp3) is 0.750. The van der Waals surface area contributed by atoms with Crippen LogP contribution in [0.5, 0.6) is 0 Å².